The third-order valence-electron chi connectivity index (χ3n) is 5.82. The molecular formula is C25H20N2O2S. The van der Waals surface area contributed by atoms with Crippen LogP contribution < -0.4 is 10.3 Å². The fraction of sp³-hybridized carbons (Fsp3) is 0.200. The molecule has 1 saturated carbocycles. The topological polar surface area (TPSA) is 55.0 Å². The number of thiophene rings is 1. The minimum Gasteiger partial charge on any atom is -0.457 e. The summed E-state index contributed by atoms with van der Waals surface area (Å²) in [6.45, 7) is 2.04. The maximum absolute atomic E-state index is 12.6. The quantitative estimate of drug-likeness (QED) is 0.418. The number of hydrogen-bond acceptors (Lipinski definition) is 4. The number of nitrogens with zero attached hydrogens (tertiary/aromatic N) is 2. The summed E-state index contributed by atoms with van der Waals surface area (Å²) in [5, 5.41) is 12.3. The molecule has 0 saturated heterocycles. The van der Waals surface area contributed by atoms with Crippen molar-refractivity contribution in [2.45, 2.75) is 25.2 Å². The Bertz CT molecular complexity index is 1370. The minimum atomic E-state index is -0.396. The van der Waals surface area contributed by atoms with Crippen molar-refractivity contribution in [2.75, 3.05) is 0 Å². The molecule has 2 aromatic carbocycles. The summed E-state index contributed by atoms with van der Waals surface area (Å²) in [6, 6.07) is 18.3. The van der Waals surface area contributed by atoms with E-state index in [0.717, 1.165) is 40.0 Å². The molecule has 148 valence electrons. The summed E-state index contributed by atoms with van der Waals surface area (Å²) in [4.78, 5) is 12.6. The number of ether oxygens (including phenoxy) is 1. The highest BCUT2D eigenvalue weighted by Gasteiger charge is 2.45. The van der Waals surface area contributed by atoms with Crippen LogP contribution in [0.25, 0.3) is 21.2 Å². The van der Waals surface area contributed by atoms with Crippen molar-refractivity contribution in [3.63, 3.8) is 0 Å². The van der Waals surface area contributed by atoms with Gasteiger partial charge >= 0.3 is 0 Å². The summed E-state index contributed by atoms with van der Waals surface area (Å²) in [6.07, 6.45) is 3.62. The number of rotatable bonds is 4. The zero-order chi connectivity index (χ0) is 20.9. The van der Waals surface area contributed by atoms with Crippen molar-refractivity contribution < 1.29 is 4.74 Å². The highest BCUT2D eigenvalue weighted by molar-refractivity contribution is 7.17. The van der Waals surface area contributed by atoms with Crippen LogP contribution in [0.5, 0.6) is 11.5 Å². The van der Waals surface area contributed by atoms with E-state index < -0.39 is 5.41 Å². The molecule has 0 N–H and O–H groups in total. The van der Waals surface area contributed by atoms with Crippen molar-refractivity contribution in [3.8, 4) is 28.7 Å². The summed E-state index contributed by atoms with van der Waals surface area (Å²) in [7, 11) is 1.77. The predicted octanol–water partition coefficient (Wildman–Crippen LogP) is 5.92. The second-order valence-corrected chi connectivity index (χ2v) is 8.86. The summed E-state index contributed by atoms with van der Waals surface area (Å²) < 4.78 is 8.82. The van der Waals surface area contributed by atoms with Gasteiger partial charge in [0.1, 0.15) is 11.5 Å². The Morgan fingerprint density at radius 2 is 1.87 bits per heavy atom. The molecule has 1 aliphatic carbocycles. The van der Waals surface area contributed by atoms with Crippen molar-refractivity contribution in [3.05, 3.63) is 81.6 Å². The lowest BCUT2D eigenvalue weighted by Crippen LogP contribution is -2.15. The Hall–Kier alpha value is -3.36. The second kappa shape index (κ2) is 6.86. The Morgan fingerprint density at radius 3 is 2.57 bits per heavy atom. The van der Waals surface area contributed by atoms with E-state index in [0.29, 0.717) is 11.1 Å². The lowest BCUT2D eigenvalue weighted by Gasteiger charge is -2.16. The van der Waals surface area contributed by atoms with E-state index in [-0.39, 0.29) is 5.56 Å². The zero-order valence-electron chi connectivity index (χ0n) is 16.8. The molecule has 2 aromatic heterocycles. The molecule has 0 unspecified atom stereocenters. The second-order valence-electron chi connectivity index (χ2n) is 7.94. The maximum atomic E-state index is 12.6. The van der Waals surface area contributed by atoms with E-state index >= 15 is 0 Å². The van der Waals surface area contributed by atoms with Gasteiger partial charge in [-0.15, -0.1) is 11.3 Å². The average Bonchev–Trinajstić information content (AvgIpc) is 3.40. The monoisotopic (exact) mass is 412 g/mol. The number of hydrogen-bond donors (Lipinski definition) is 0. The zero-order valence-corrected chi connectivity index (χ0v) is 17.6. The number of nitriles is 1. The fourth-order valence-electron chi connectivity index (χ4n) is 3.83. The highest BCUT2D eigenvalue weighted by Crippen LogP contribution is 2.50. The molecule has 0 bridgehead atoms. The summed E-state index contributed by atoms with van der Waals surface area (Å²) in [5.74, 6) is 1.47. The Morgan fingerprint density at radius 1 is 1.10 bits per heavy atom. The predicted molar refractivity (Wildman–Crippen MR) is 120 cm³/mol. The maximum Gasteiger partial charge on any atom is 0.259 e. The van der Waals surface area contributed by atoms with E-state index in [9.17, 15) is 10.1 Å². The number of aromatic nitrogens is 1. The summed E-state index contributed by atoms with van der Waals surface area (Å²) >= 11 is 1.55. The number of fused-ring (bicyclic) bond motifs is 1. The fourth-order valence-corrected chi connectivity index (χ4v) is 4.74. The van der Waals surface area contributed by atoms with Crippen LogP contribution in [0, 0.1) is 18.3 Å². The highest BCUT2D eigenvalue weighted by atomic mass is 32.1. The van der Waals surface area contributed by atoms with Crippen molar-refractivity contribution in [1.29, 1.82) is 5.26 Å². The van der Waals surface area contributed by atoms with Crippen LogP contribution in [0.4, 0.5) is 0 Å². The van der Waals surface area contributed by atoms with Crippen LogP contribution in [0.15, 0.2) is 64.9 Å². The molecule has 0 spiro atoms. The average molecular weight is 413 g/mol. The first-order valence-corrected chi connectivity index (χ1v) is 10.8. The molecule has 2 heterocycles. The van der Waals surface area contributed by atoms with E-state index in [1.165, 1.54) is 5.56 Å². The van der Waals surface area contributed by atoms with E-state index in [2.05, 4.69) is 12.1 Å². The van der Waals surface area contributed by atoms with Gasteiger partial charge in [0.15, 0.2) is 0 Å². The van der Waals surface area contributed by atoms with Crippen LogP contribution in [0.3, 0.4) is 0 Å². The van der Waals surface area contributed by atoms with Crippen LogP contribution in [-0.4, -0.2) is 4.57 Å². The molecule has 4 nitrogen and oxygen atoms in total. The molecule has 0 radical (unpaired) electrons. The van der Waals surface area contributed by atoms with E-state index in [1.807, 2.05) is 61.0 Å². The molecule has 0 amide bonds. The first-order valence-electron chi connectivity index (χ1n) is 9.88. The lowest BCUT2D eigenvalue weighted by molar-refractivity contribution is 0.484. The van der Waals surface area contributed by atoms with Gasteiger partial charge in [-0.05, 0) is 61.0 Å². The number of benzene rings is 2. The van der Waals surface area contributed by atoms with Gasteiger partial charge in [-0.2, -0.15) is 5.26 Å². The van der Waals surface area contributed by atoms with E-state index in [1.54, 1.807) is 23.0 Å². The van der Waals surface area contributed by atoms with Crippen molar-refractivity contribution in [2.24, 2.45) is 7.05 Å². The molecule has 30 heavy (non-hydrogen) atoms. The number of pyridine rings is 1. The normalized spacial score (nSPS) is 14.4. The Labute approximate surface area is 178 Å². The standard InChI is InChI=1S/C25H20N2O2S/c1-16-3-6-18(7-4-16)29-22-8-5-17(25(15-26)10-11-25)13-20(22)21-14-27(2)24(28)19-9-12-30-23(19)21/h3-9,12-14H,10-11H2,1-2H3. The third-order valence-corrected chi connectivity index (χ3v) is 6.77. The van der Waals surface area contributed by atoms with Gasteiger partial charge in [0.05, 0.1) is 16.9 Å². The molecule has 0 atom stereocenters. The SMILES string of the molecule is Cc1ccc(Oc2ccc(C3(C#N)CC3)cc2-c2cn(C)c(=O)c3ccsc23)cc1. The first kappa shape index (κ1) is 18.7. The van der Waals surface area contributed by atoms with Crippen LogP contribution >= 0.6 is 11.3 Å². The van der Waals surface area contributed by atoms with Crippen LogP contribution in [0.1, 0.15) is 24.0 Å². The molecule has 0 aliphatic heterocycles. The van der Waals surface area contributed by atoms with Gasteiger partial charge in [-0.3, -0.25) is 4.79 Å². The Balaban J connectivity index is 1.72. The molecule has 5 rings (SSSR count). The van der Waals surface area contributed by atoms with Crippen LogP contribution in [0.2, 0.25) is 0 Å². The van der Waals surface area contributed by atoms with Gasteiger partial charge in [-0.25, -0.2) is 0 Å². The lowest BCUT2D eigenvalue weighted by atomic mass is 9.93. The van der Waals surface area contributed by atoms with Crippen molar-refractivity contribution in [1.82, 2.24) is 4.57 Å². The van der Waals surface area contributed by atoms with E-state index in [4.69, 9.17) is 4.74 Å². The van der Waals surface area contributed by atoms with Crippen LogP contribution in [-0.2, 0) is 12.5 Å². The molecule has 4 aromatic rings. The van der Waals surface area contributed by atoms with Gasteiger partial charge in [-0.1, -0.05) is 23.8 Å². The molecule has 1 aliphatic rings. The third kappa shape index (κ3) is 3.01. The summed E-state index contributed by atoms with van der Waals surface area (Å²) in [5.41, 5.74) is 3.61. The molecule has 1 fully saturated rings. The van der Waals surface area contributed by atoms with Crippen molar-refractivity contribution >= 4 is 21.4 Å². The largest absolute Gasteiger partial charge is 0.457 e. The first-order chi connectivity index (χ1) is 14.5. The smallest absolute Gasteiger partial charge is 0.259 e. The van der Waals surface area contributed by atoms with Gasteiger partial charge in [0.2, 0.25) is 0 Å². The molecule has 5 heteroatoms. The van der Waals surface area contributed by atoms with Gasteiger partial charge < -0.3 is 9.30 Å². The minimum absolute atomic E-state index is 0.0113. The number of aryl methyl sites for hydroxylation is 2. The Kier molecular flexibility index (Phi) is 4.27. The molecular weight excluding hydrogens is 392 g/mol. The van der Waals surface area contributed by atoms with Gasteiger partial charge in [0.25, 0.3) is 5.56 Å². The van der Waals surface area contributed by atoms with Gasteiger partial charge in [0, 0.05) is 29.1 Å².